The number of rotatable bonds is 11. The molecule has 0 bridgehead atoms. The third-order valence-corrected chi connectivity index (χ3v) is 7.36. The Morgan fingerprint density at radius 1 is 1.23 bits per heavy atom. The van der Waals surface area contributed by atoms with E-state index in [0.29, 0.717) is 35.4 Å². The van der Waals surface area contributed by atoms with E-state index in [1.165, 1.54) is 19.3 Å². The number of likely N-dealkylation sites (tertiary alicyclic amines) is 1. The van der Waals surface area contributed by atoms with Gasteiger partial charge in [-0.05, 0) is 75.9 Å². The molecule has 2 unspecified atom stereocenters. The number of allylic oxidation sites excluding steroid dienone is 2. The Morgan fingerprint density at radius 2 is 1.93 bits per heavy atom. The Labute approximate surface area is 265 Å². The number of hydrogen-bond acceptors (Lipinski definition) is 8. The largest absolute Gasteiger partial charge is 0.493 e. The number of aryl methyl sites for hydroxylation is 1. The number of ether oxygens (including phenoxy) is 2. The zero-order chi connectivity index (χ0) is 33.0. The van der Waals surface area contributed by atoms with Crippen molar-refractivity contribution in [2.45, 2.75) is 66.5 Å². The van der Waals surface area contributed by atoms with Gasteiger partial charge in [0.2, 0.25) is 5.91 Å². The first kappa shape index (κ1) is 35.8. The maximum absolute atomic E-state index is 13.6. The van der Waals surface area contributed by atoms with Crippen LogP contribution in [0, 0.1) is 23.7 Å². The highest BCUT2D eigenvalue weighted by Crippen LogP contribution is 2.43. The van der Waals surface area contributed by atoms with Gasteiger partial charge in [0.05, 0.1) is 42.9 Å². The highest BCUT2D eigenvalue weighted by molar-refractivity contribution is 6.30. The van der Waals surface area contributed by atoms with E-state index in [0.717, 1.165) is 5.56 Å². The van der Waals surface area contributed by atoms with Gasteiger partial charge in [0.15, 0.2) is 23.5 Å². The molecule has 10 nitrogen and oxygen atoms in total. The van der Waals surface area contributed by atoms with Crippen LogP contribution in [0.1, 0.15) is 75.0 Å². The Kier molecular flexibility index (Phi) is 13.4. The molecule has 1 saturated heterocycles. The van der Waals surface area contributed by atoms with Gasteiger partial charge in [-0.2, -0.15) is 10.4 Å². The number of halogens is 1. The van der Waals surface area contributed by atoms with Crippen LogP contribution in [0.5, 0.6) is 11.5 Å². The smallest absolute Gasteiger partial charge is 0.251 e. The van der Waals surface area contributed by atoms with Crippen molar-refractivity contribution in [2.24, 2.45) is 10.5 Å². The van der Waals surface area contributed by atoms with Crippen LogP contribution in [0.4, 0.5) is 0 Å². The zero-order valence-corrected chi connectivity index (χ0v) is 27.4. The molecule has 44 heavy (non-hydrogen) atoms. The summed E-state index contributed by atoms with van der Waals surface area (Å²) in [5.74, 6) is -0.288. The lowest BCUT2D eigenvalue weighted by molar-refractivity contribution is -0.134. The second kappa shape index (κ2) is 16.5. The molecule has 1 heterocycles. The van der Waals surface area contributed by atoms with E-state index in [9.17, 15) is 19.6 Å². The molecule has 2 aromatic carbocycles. The Balaban J connectivity index is 0.00000330. The van der Waals surface area contributed by atoms with E-state index in [1.807, 2.05) is 45.9 Å². The van der Waals surface area contributed by atoms with Crippen molar-refractivity contribution >= 4 is 35.4 Å². The van der Waals surface area contributed by atoms with E-state index in [4.69, 9.17) is 21.1 Å². The van der Waals surface area contributed by atoms with Crippen LogP contribution in [0.25, 0.3) is 0 Å². The van der Waals surface area contributed by atoms with Gasteiger partial charge in [-0.1, -0.05) is 37.6 Å². The number of carbonyl (C=O) groups excluding carboxylic acids is 3. The predicted molar refractivity (Wildman–Crippen MR) is 172 cm³/mol. The lowest BCUT2D eigenvalue weighted by Crippen LogP contribution is -2.48. The molecule has 0 aliphatic carbocycles. The van der Waals surface area contributed by atoms with Crippen LogP contribution in [-0.4, -0.2) is 55.5 Å². The van der Waals surface area contributed by atoms with Crippen molar-refractivity contribution in [3.63, 3.8) is 0 Å². The molecule has 2 N–H and O–H groups in total. The second-order valence-electron chi connectivity index (χ2n) is 10.5. The van der Waals surface area contributed by atoms with Crippen molar-refractivity contribution in [1.82, 2.24) is 15.6 Å². The molecule has 11 heteroatoms. The van der Waals surface area contributed by atoms with Crippen LogP contribution < -0.4 is 20.2 Å². The van der Waals surface area contributed by atoms with Crippen molar-refractivity contribution in [3.8, 4) is 17.6 Å². The lowest BCUT2D eigenvalue weighted by atomic mass is 9.84. The predicted octanol–water partition coefficient (Wildman–Crippen LogP) is 5.75. The first-order valence-corrected chi connectivity index (χ1v) is 14.8. The summed E-state index contributed by atoms with van der Waals surface area (Å²) in [6.07, 6.45) is 3.33. The van der Waals surface area contributed by atoms with Gasteiger partial charge >= 0.3 is 0 Å². The number of carbonyl (C=O) groups is 3. The summed E-state index contributed by atoms with van der Waals surface area (Å²) in [5, 5.41) is 17.1. The van der Waals surface area contributed by atoms with Crippen molar-refractivity contribution in [1.29, 1.82) is 5.26 Å². The number of aldehydes is 1. The van der Waals surface area contributed by atoms with E-state index in [1.54, 1.807) is 37.9 Å². The average molecular weight is 624 g/mol. The topological polar surface area (TPSA) is 133 Å². The molecular formula is C33H42ClN5O5. The summed E-state index contributed by atoms with van der Waals surface area (Å²) in [7, 11) is 3.06. The number of amides is 2. The molecule has 2 atom stereocenters. The summed E-state index contributed by atoms with van der Waals surface area (Å²) >= 11 is 6.23. The fourth-order valence-electron chi connectivity index (χ4n) is 5.11. The molecule has 0 spiro atoms. The fraction of sp³-hybridized carbons (Fsp3) is 0.424. The third-order valence-electron chi connectivity index (χ3n) is 7.13. The van der Waals surface area contributed by atoms with Crippen LogP contribution in [-0.2, 0) is 9.59 Å². The van der Waals surface area contributed by atoms with Gasteiger partial charge in [-0.15, -0.1) is 0 Å². The highest BCUT2D eigenvalue weighted by atomic mass is 35.5. The highest BCUT2D eigenvalue weighted by Gasteiger charge is 2.45. The zero-order valence-electron chi connectivity index (χ0n) is 26.7. The van der Waals surface area contributed by atoms with Gasteiger partial charge < -0.3 is 25.1 Å². The number of methoxy groups -OCH3 is 1. The molecule has 1 aliphatic heterocycles. The van der Waals surface area contributed by atoms with Crippen molar-refractivity contribution in [2.75, 3.05) is 20.7 Å². The van der Waals surface area contributed by atoms with Crippen molar-refractivity contribution < 1.29 is 23.9 Å². The van der Waals surface area contributed by atoms with Gasteiger partial charge in [0.1, 0.15) is 0 Å². The monoisotopic (exact) mass is 623 g/mol. The number of nitrogens with one attached hydrogen (secondary N) is 2. The van der Waals surface area contributed by atoms with Gasteiger partial charge in [0.25, 0.3) is 5.91 Å². The number of nitriles is 1. The molecule has 1 fully saturated rings. The van der Waals surface area contributed by atoms with Crippen molar-refractivity contribution in [3.05, 3.63) is 69.9 Å². The molecule has 2 aromatic rings. The normalized spacial score (nSPS) is 16.7. The molecule has 0 aromatic heterocycles. The third kappa shape index (κ3) is 8.83. The number of nitrogens with zero attached hydrogens (tertiary/aromatic N) is 3. The summed E-state index contributed by atoms with van der Waals surface area (Å²) in [5.41, 5.74) is 4.03. The molecule has 3 rings (SSSR count). The van der Waals surface area contributed by atoms with E-state index in [-0.39, 0.29) is 47.4 Å². The summed E-state index contributed by atoms with van der Waals surface area (Å²) in [4.78, 5) is 40.1. The van der Waals surface area contributed by atoms with Crippen LogP contribution in [0.3, 0.4) is 0 Å². The number of hydrazone groups is 1. The SMILES string of the molecule is CC.CN/N=C(C)\C=C(/C=O)Oc1c(C)cc(C(=O)NCC(=O)N2C(c3cccc(Cl)c3)CCC2C(C)(C)C#N)cc1OC. The minimum Gasteiger partial charge on any atom is -0.493 e. The fourth-order valence-corrected chi connectivity index (χ4v) is 5.31. The average Bonchev–Trinajstić information content (AvgIpc) is 3.47. The van der Waals surface area contributed by atoms with E-state index >= 15 is 0 Å². The van der Waals surface area contributed by atoms with Crippen LogP contribution >= 0.6 is 11.6 Å². The van der Waals surface area contributed by atoms with E-state index in [2.05, 4.69) is 21.9 Å². The first-order valence-electron chi connectivity index (χ1n) is 14.5. The first-order chi connectivity index (χ1) is 20.9. The maximum Gasteiger partial charge on any atom is 0.251 e. The molecule has 1 aliphatic rings. The molecule has 0 radical (unpaired) electrons. The molecule has 236 valence electrons. The van der Waals surface area contributed by atoms with E-state index < -0.39 is 11.3 Å². The minimum absolute atomic E-state index is 0.00502. The summed E-state index contributed by atoms with van der Waals surface area (Å²) < 4.78 is 11.2. The van der Waals surface area contributed by atoms with Gasteiger partial charge in [-0.3, -0.25) is 14.4 Å². The lowest BCUT2D eigenvalue weighted by Gasteiger charge is -2.36. The van der Waals surface area contributed by atoms with Crippen LogP contribution in [0.2, 0.25) is 5.02 Å². The quantitative estimate of drug-likeness (QED) is 0.107. The van der Waals surface area contributed by atoms with Crippen LogP contribution in [0.15, 0.2) is 53.3 Å². The standard InChI is InChI=1S/C31H36ClN5O5.C2H6/c1-19-12-22(15-26(41-6)29(19)42-24(17-38)13-20(2)36-34-5)30(40)35-16-28(39)37-25(21-8-7-9-23(32)14-21)10-11-27(37)31(3,4)18-33;1-2/h7-9,12-15,17,25,27,34H,10-11,16H2,1-6H3,(H,35,40);1-2H3/b24-13+,36-20-;. The molecule has 0 saturated carbocycles. The van der Waals surface area contributed by atoms with Gasteiger partial charge in [0, 0.05) is 23.7 Å². The summed E-state index contributed by atoms with van der Waals surface area (Å²) in [6.45, 7) is 10.8. The Morgan fingerprint density at radius 3 is 2.52 bits per heavy atom. The Hall–Kier alpha value is -4.36. The number of hydrogen-bond donors (Lipinski definition) is 2. The molecule has 2 amide bonds. The second-order valence-corrected chi connectivity index (χ2v) is 11.0. The maximum atomic E-state index is 13.6. The molecular weight excluding hydrogens is 582 g/mol. The Bertz CT molecular complexity index is 1450. The minimum atomic E-state index is -0.792. The summed E-state index contributed by atoms with van der Waals surface area (Å²) in [6, 6.07) is 12.1. The number of benzene rings is 2. The van der Waals surface area contributed by atoms with Gasteiger partial charge in [-0.25, -0.2) is 0 Å².